The molecule has 6 nitrogen and oxygen atoms in total. The van der Waals surface area contributed by atoms with Gasteiger partial charge in [0.15, 0.2) is 5.78 Å². The summed E-state index contributed by atoms with van der Waals surface area (Å²) in [6.07, 6.45) is 8.80. The number of benzene rings is 1. The maximum absolute atomic E-state index is 12.5. The first-order valence-electron chi connectivity index (χ1n) is 11.8. The number of nitrogens with zero attached hydrogens (tertiary/aromatic N) is 3. The third kappa shape index (κ3) is 7.09. The zero-order chi connectivity index (χ0) is 23.8. The maximum Gasteiger partial charge on any atom is 0.227 e. The molecule has 34 heavy (non-hydrogen) atoms. The summed E-state index contributed by atoms with van der Waals surface area (Å²) < 4.78 is 1.04. The molecule has 1 N–H and O–H groups in total. The van der Waals surface area contributed by atoms with Crippen molar-refractivity contribution in [2.45, 2.75) is 51.4 Å². The number of carbonyl (C=O) groups is 2. The van der Waals surface area contributed by atoms with Gasteiger partial charge in [0, 0.05) is 31.4 Å². The number of hydrogen-bond acceptors (Lipinski definition) is 6. The highest BCUT2D eigenvalue weighted by molar-refractivity contribution is 14.1. The number of thiophene rings is 1. The van der Waals surface area contributed by atoms with E-state index < -0.39 is 0 Å². The summed E-state index contributed by atoms with van der Waals surface area (Å²) in [6, 6.07) is 11.7. The summed E-state index contributed by atoms with van der Waals surface area (Å²) >= 11 is 3.79. The minimum atomic E-state index is 0.194. The van der Waals surface area contributed by atoms with Gasteiger partial charge in [0.05, 0.1) is 20.6 Å². The molecular weight excluding hydrogens is 559 g/mol. The number of anilines is 2. The van der Waals surface area contributed by atoms with Crippen molar-refractivity contribution in [1.29, 1.82) is 0 Å². The van der Waals surface area contributed by atoms with Gasteiger partial charge in [-0.05, 0) is 83.8 Å². The molecule has 0 unspecified atom stereocenters. The van der Waals surface area contributed by atoms with Gasteiger partial charge >= 0.3 is 0 Å². The van der Waals surface area contributed by atoms with Crippen molar-refractivity contribution in [3.8, 4) is 0 Å². The van der Waals surface area contributed by atoms with Crippen LogP contribution in [0.25, 0.3) is 0 Å². The number of aryl methyl sites for hydroxylation is 1. The minimum absolute atomic E-state index is 0.194. The maximum atomic E-state index is 12.5. The van der Waals surface area contributed by atoms with Gasteiger partial charge in [0.2, 0.25) is 11.9 Å². The molecule has 3 aromatic rings. The highest BCUT2D eigenvalue weighted by Gasteiger charge is 2.18. The Hall–Kier alpha value is -2.33. The number of hydrogen-bond donors (Lipinski definition) is 1. The molecule has 1 aliphatic heterocycles. The van der Waals surface area contributed by atoms with E-state index in [4.69, 9.17) is 4.98 Å². The van der Waals surface area contributed by atoms with E-state index in [0.717, 1.165) is 77.0 Å². The molecule has 0 saturated carbocycles. The third-order valence-electron chi connectivity index (χ3n) is 5.93. The summed E-state index contributed by atoms with van der Waals surface area (Å²) in [6.45, 7) is 1.75. The first-order chi connectivity index (χ1) is 16.6. The first kappa shape index (κ1) is 24.8. The topological polar surface area (TPSA) is 75.2 Å². The number of halogens is 1. The van der Waals surface area contributed by atoms with Crippen LogP contribution in [0.3, 0.4) is 0 Å². The van der Waals surface area contributed by atoms with Crippen LogP contribution in [0.4, 0.5) is 11.6 Å². The SMILES string of the molecule is O=C(CCCCCc1nc(Nc2cccc(CC(=O)N3CCCC3)c2)ncc1I)c1cccs1. The van der Waals surface area contributed by atoms with Crippen molar-refractivity contribution >= 4 is 57.3 Å². The van der Waals surface area contributed by atoms with Crippen LogP contribution in [0.5, 0.6) is 0 Å². The molecule has 1 aliphatic rings. The molecule has 1 aromatic carbocycles. The zero-order valence-electron chi connectivity index (χ0n) is 19.1. The van der Waals surface area contributed by atoms with E-state index in [-0.39, 0.29) is 11.7 Å². The lowest BCUT2D eigenvalue weighted by molar-refractivity contribution is -0.129. The molecule has 1 amide bonds. The number of amides is 1. The van der Waals surface area contributed by atoms with Crippen LogP contribution in [0.2, 0.25) is 0 Å². The minimum Gasteiger partial charge on any atom is -0.342 e. The van der Waals surface area contributed by atoms with Crippen LogP contribution in [-0.2, 0) is 17.6 Å². The Kier molecular flexibility index (Phi) is 9.04. The number of ketones is 1. The van der Waals surface area contributed by atoms with Gasteiger partial charge in [-0.3, -0.25) is 9.59 Å². The van der Waals surface area contributed by atoms with Crippen molar-refractivity contribution < 1.29 is 9.59 Å². The summed E-state index contributed by atoms with van der Waals surface area (Å²) in [5.74, 6) is 0.994. The van der Waals surface area contributed by atoms with Gasteiger partial charge < -0.3 is 10.2 Å². The van der Waals surface area contributed by atoms with Crippen molar-refractivity contribution in [2.75, 3.05) is 18.4 Å². The van der Waals surface area contributed by atoms with Crippen molar-refractivity contribution in [3.05, 3.63) is 67.7 Å². The van der Waals surface area contributed by atoms with E-state index in [0.29, 0.717) is 18.8 Å². The normalized spacial score (nSPS) is 13.3. The molecule has 1 fully saturated rings. The molecule has 178 valence electrons. The monoisotopic (exact) mass is 588 g/mol. The molecule has 4 rings (SSSR count). The van der Waals surface area contributed by atoms with E-state index in [1.807, 2.05) is 52.9 Å². The zero-order valence-corrected chi connectivity index (χ0v) is 22.1. The van der Waals surface area contributed by atoms with Crippen LogP contribution >= 0.6 is 33.9 Å². The van der Waals surface area contributed by atoms with Crippen LogP contribution in [-0.4, -0.2) is 39.6 Å². The third-order valence-corrected chi connectivity index (χ3v) is 7.74. The average molecular weight is 589 g/mol. The fourth-order valence-corrected chi connectivity index (χ4v) is 5.32. The van der Waals surface area contributed by atoms with Crippen molar-refractivity contribution in [1.82, 2.24) is 14.9 Å². The molecule has 1 saturated heterocycles. The molecule has 0 aliphatic carbocycles. The predicted octanol–water partition coefficient (Wildman–Crippen LogP) is 6.04. The van der Waals surface area contributed by atoms with Gasteiger partial charge in [-0.25, -0.2) is 9.97 Å². The lowest BCUT2D eigenvalue weighted by Crippen LogP contribution is -2.29. The number of unbranched alkanes of at least 4 members (excludes halogenated alkanes) is 2. The number of nitrogens with one attached hydrogen (secondary N) is 1. The predicted molar refractivity (Wildman–Crippen MR) is 145 cm³/mol. The van der Waals surface area contributed by atoms with Crippen LogP contribution in [0.1, 0.15) is 59.5 Å². The van der Waals surface area contributed by atoms with Crippen molar-refractivity contribution in [3.63, 3.8) is 0 Å². The van der Waals surface area contributed by atoms with E-state index in [1.165, 1.54) is 11.3 Å². The highest BCUT2D eigenvalue weighted by atomic mass is 127. The Balaban J connectivity index is 1.28. The van der Waals surface area contributed by atoms with E-state index in [1.54, 1.807) is 0 Å². The van der Waals surface area contributed by atoms with E-state index in [2.05, 4.69) is 32.9 Å². The van der Waals surface area contributed by atoms with Crippen molar-refractivity contribution in [2.24, 2.45) is 0 Å². The molecule has 3 heterocycles. The van der Waals surface area contributed by atoms with Gasteiger partial charge in [-0.2, -0.15) is 0 Å². The molecule has 0 radical (unpaired) electrons. The number of Topliss-reactive ketones (excluding diaryl/α,β-unsaturated/α-hetero) is 1. The summed E-state index contributed by atoms with van der Waals surface area (Å²) in [4.78, 5) is 36.6. The fraction of sp³-hybridized carbons (Fsp3) is 0.385. The second kappa shape index (κ2) is 12.4. The highest BCUT2D eigenvalue weighted by Crippen LogP contribution is 2.20. The number of rotatable bonds is 11. The van der Waals surface area contributed by atoms with Crippen LogP contribution < -0.4 is 5.32 Å². The Morgan fingerprint density at radius 2 is 1.94 bits per heavy atom. The van der Waals surface area contributed by atoms with Gasteiger partial charge in [-0.15, -0.1) is 11.3 Å². The van der Waals surface area contributed by atoms with Gasteiger partial charge in [-0.1, -0.05) is 24.6 Å². The smallest absolute Gasteiger partial charge is 0.227 e. The quantitative estimate of drug-likeness (QED) is 0.168. The second-order valence-electron chi connectivity index (χ2n) is 8.54. The summed E-state index contributed by atoms with van der Waals surface area (Å²) in [5.41, 5.74) is 2.89. The lowest BCUT2D eigenvalue weighted by Gasteiger charge is -2.15. The van der Waals surface area contributed by atoms with Crippen LogP contribution in [0.15, 0.2) is 48.0 Å². The Morgan fingerprint density at radius 3 is 2.74 bits per heavy atom. The summed E-state index contributed by atoms with van der Waals surface area (Å²) in [5, 5.41) is 5.24. The Bertz CT molecular complexity index is 1110. The molecule has 0 spiro atoms. The molecule has 0 bridgehead atoms. The molecule has 0 atom stereocenters. The number of likely N-dealkylation sites (tertiary alicyclic amines) is 1. The van der Waals surface area contributed by atoms with Gasteiger partial charge in [0.1, 0.15) is 0 Å². The number of carbonyl (C=O) groups excluding carboxylic acids is 2. The molecule has 8 heteroatoms. The van der Waals surface area contributed by atoms with E-state index in [9.17, 15) is 9.59 Å². The first-order valence-corrected chi connectivity index (χ1v) is 13.8. The lowest BCUT2D eigenvalue weighted by atomic mass is 10.1. The second-order valence-corrected chi connectivity index (χ2v) is 10.6. The largest absolute Gasteiger partial charge is 0.342 e. The number of aromatic nitrogens is 2. The molecular formula is C26H29IN4O2S. The summed E-state index contributed by atoms with van der Waals surface area (Å²) in [7, 11) is 0. The Labute approximate surface area is 218 Å². The fourth-order valence-electron chi connectivity index (χ4n) is 4.09. The Morgan fingerprint density at radius 1 is 1.09 bits per heavy atom. The standard InChI is InChI=1S/C26H29IN4O2S/c27-21-18-28-26(30-22(21)10-2-1-3-11-23(32)24-12-7-15-34-24)29-20-9-6-8-19(16-20)17-25(33)31-13-4-5-14-31/h6-9,12,15-16,18H,1-5,10-11,13-14,17H2,(H,28,29,30). The van der Waals surface area contributed by atoms with Gasteiger partial charge in [0.25, 0.3) is 0 Å². The van der Waals surface area contributed by atoms with E-state index >= 15 is 0 Å². The average Bonchev–Trinajstić information content (AvgIpc) is 3.56. The molecule has 2 aromatic heterocycles. The van der Waals surface area contributed by atoms with Crippen LogP contribution in [0, 0.1) is 3.57 Å².